The van der Waals surface area contributed by atoms with Crippen LogP contribution in [0.3, 0.4) is 0 Å². The maximum absolute atomic E-state index is 5.68. The molecule has 1 heterocycles. The van der Waals surface area contributed by atoms with Gasteiger partial charge in [-0.3, -0.25) is 0 Å². The summed E-state index contributed by atoms with van der Waals surface area (Å²) in [6.07, 6.45) is 1.89. The quantitative estimate of drug-likeness (QED) is 0.783. The maximum Gasteiger partial charge on any atom is 0.0957 e. The molecular formula is C13H17N3. The van der Waals surface area contributed by atoms with Crippen molar-refractivity contribution < 1.29 is 0 Å². The molecule has 0 aliphatic heterocycles. The molecule has 3 nitrogen and oxygen atoms in total. The van der Waals surface area contributed by atoms with Crippen LogP contribution in [0, 0.1) is 13.8 Å². The number of rotatable bonds is 2. The molecule has 0 aliphatic carbocycles. The van der Waals surface area contributed by atoms with Gasteiger partial charge in [0.15, 0.2) is 0 Å². The van der Waals surface area contributed by atoms with Crippen LogP contribution in [0.5, 0.6) is 0 Å². The van der Waals surface area contributed by atoms with Crippen LogP contribution in [0.1, 0.15) is 29.9 Å². The minimum absolute atomic E-state index is 0.293. The first kappa shape index (κ1) is 10.7. The average Bonchev–Trinajstić information content (AvgIpc) is 2.60. The summed E-state index contributed by atoms with van der Waals surface area (Å²) in [6, 6.07) is 8.29. The van der Waals surface area contributed by atoms with E-state index in [9.17, 15) is 0 Å². The van der Waals surface area contributed by atoms with Gasteiger partial charge in [0.2, 0.25) is 0 Å². The van der Waals surface area contributed by atoms with Crippen molar-refractivity contribution in [3.63, 3.8) is 0 Å². The monoisotopic (exact) mass is 215 g/mol. The maximum atomic E-state index is 5.68. The average molecular weight is 215 g/mol. The fourth-order valence-corrected chi connectivity index (χ4v) is 1.84. The molecule has 1 aromatic heterocycles. The van der Waals surface area contributed by atoms with Gasteiger partial charge in [0.25, 0.3) is 0 Å². The van der Waals surface area contributed by atoms with Crippen LogP contribution >= 0.6 is 0 Å². The third-order valence-electron chi connectivity index (χ3n) is 3.12. The van der Waals surface area contributed by atoms with Crippen LogP contribution in [0.2, 0.25) is 0 Å². The molecule has 0 aliphatic rings. The summed E-state index contributed by atoms with van der Waals surface area (Å²) < 4.78 is 2.18. The van der Waals surface area contributed by atoms with E-state index in [0.29, 0.717) is 6.04 Å². The molecule has 2 rings (SSSR count). The van der Waals surface area contributed by atoms with Gasteiger partial charge in [-0.25, -0.2) is 4.98 Å². The minimum atomic E-state index is 0.293. The number of imidazole rings is 1. The molecule has 2 aromatic rings. The van der Waals surface area contributed by atoms with Crippen LogP contribution < -0.4 is 5.73 Å². The van der Waals surface area contributed by atoms with E-state index < -0.39 is 0 Å². The Morgan fingerprint density at radius 3 is 2.31 bits per heavy atom. The van der Waals surface area contributed by atoms with E-state index in [1.807, 2.05) is 25.4 Å². The van der Waals surface area contributed by atoms with Gasteiger partial charge in [-0.1, -0.05) is 12.1 Å². The third kappa shape index (κ3) is 1.81. The molecule has 84 valence electrons. The van der Waals surface area contributed by atoms with E-state index in [1.165, 1.54) is 11.3 Å². The second kappa shape index (κ2) is 4.00. The Hall–Kier alpha value is -1.77. The number of aryl methyl sites for hydroxylation is 1. The zero-order chi connectivity index (χ0) is 11.7. The number of nitrogens with two attached hydrogens (primary N) is 1. The fraction of sp³-hybridized carbons (Fsp3) is 0.308. The summed E-state index contributed by atoms with van der Waals surface area (Å²) in [6.45, 7) is 6.29. The molecule has 0 saturated carbocycles. The Labute approximate surface area is 95.9 Å². The van der Waals surface area contributed by atoms with E-state index in [0.717, 1.165) is 11.4 Å². The largest absolute Gasteiger partial charge is 0.399 e. The first-order valence-corrected chi connectivity index (χ1v) is 5.45. The highest BCUT2D eigenvalue weighted by Crippen LogP contribution is 2.21. The summed E-state index contributed by atoms with van der Waals surface area (Å²) in [7, 11) is 0. The van der Waals surface area contributed by atoms with E-state index in [4.69, 9.17) is 5.73 Å². The Morgan fingerprint density at radius 1 is 1.19 bits per heavy atom. The number of benzene rings is 1. The molecule has 0 saturated heterocycles. The molecule has 3 heteroatoms. The molecule has 1 atom stereocenters. The molecule has 0 fully saturated rings. The topological polar surface area (TPSA) is 43.8 Å². The summed E-state index contributed by atoms with van der Waals surface area (Å²) in [5.74, 6) is 0. The van der Waals surface area contributed by atoms with E-state index in [1.54, 1.807) is 0 Å². The molecule has 0 amide bonds. The van der Waals surface area contributed by atoms with Crippen LogP contribution in [0.4, 0.5) is 5.69 Å². The Morgan fingerprint density at radius 2 is 1.81 bits per heavy atom. The summed E-state index contributed by atoms with van der Waals surface area (Å²) in [5, 5.41) is 0. The predicted molar refractivity (Wildman–Crippen MR) is 66.4 cm³/mol. The lowest BCUT2D eigenvalue weighted by Gasteiger charge is -2.16. The van der Waals surface area contributed by atoms with Crippen molar-refractivity contribution in [2.45, 2.75) is 26.8 Å². The SMILES string of the molecule is Cc1ncn(C(C)c2ccc(N)cc2)c1C. The number of hydrogen-bond acceptors (Lipinski definition) is 2. The smallest absolute Gasteiger partial charge is 0.0957 e. The summed E-state index contributed by atoms with van der Waals surface area (Å²) in [4.78, 5) is 4.32. The van der Waals surface area contributed by atoms with E-state index >= 15 is 0 Å². The lowest BCUT2D eigenvalue weighted by atomic mass is 10.1. The molecule has 16 heavy (non-hydrogen) atoms. The fourth-order valence-electron chi connectivity index (χ4n) is 1.84. The highest BCUT2D eigenvalue weighted by atomic mass is 15.1. The van der Waals surface area contributed by atoms with E-state index in [-0.39, 0.29) is 0 Å². The van der Waals surface area contributed by atoms with Crippen LogP contribution in [-0.2, 0) is 0 Å². The third-order valence-corrected chi connectivity index (χ3v) is 3.12. The van der Waals surface area contributed by atoms with Crippen molar-refractivity contribution in [2.24, 2.45) is 0 Å². The van der Waals surface area contributed by atoms with Crippen LogP contribution in [0.15, 0.2) is 30.6 Å². The lowest BCUT2D eigenvalue weighted by Crippen LogP contribution is -2.07. The van der Waals surface area contributed by atoms with Crippen molar-refractivity contribution in [1.82, 2.24) is 9.55 Å². The van der Waals surface area contributed by atoms with Gasteiger partial charge < -0.3 is 10.3 Å². The van der Waals surface area contributed by atoms with Gasteiger partial charge in [-0.2, -0.15) is 0 Å². The molecule has 1 unspecified atom stereocenters. The zero-order valence-electron chi connectivity index (χ0n) is 9.94. The van der Waals surface area contributed by atoms with Gasteiger partial charge in [0.1, 0.15) is 0 Å². The van der Waals surface area contributed by atoms with Crippen molar-refractivity contribution in [1.29, 1.82) is 0 Å². The highest BCUT2D eigenvalue weighted by molar-refractivity contribution is 5.40. The lowest BCUT2D eigenvalue weighted by molar-refractivity contribution is 0.622. The number of aromatic nitrogens is 2. The van der Waals surface area contributed by atoms with Gasteiger partial charge in [-0.05, 0) is 38.5 Å². The normalized spacial score (nSPS) is 12.7. The number of anilines is 1. The van der Waals surface area contributed by atoms with Crippen molar-refractivity contribution in [3.8, 4) is 0 Å². The molecule has 0 radical (unpaired) electrons. The second-order valence-electron chi connectivity index (χ2n) is 4.17. The van der Waals surface area contributed by atoms with Crippen LogP contribution in [0.25, 0.3) is 0 Å². The first-order valence-electron chi connectivity index (χ1n) is 5.45. The van der Waals surface area contributed by atoms with Gasteiger partial charge >= 0.3 is 0 Å². The molecule has 2 N–H and O–H groups in total. The number of hydrogen-bond donors (Lipinski definition) is 1. The standard InChI is InChI=1S/C13H17N3/c1-9-10(2)16(8-15-9)11(3)12-4-6-13(14)7-5-12/h4-8,11H,14H2,1-3H3. The van der Waals surface area contributed by atoms with Gasteiger partial charge in [-0.15, -0.1) is 0 Å². The Kier molecular flexibility index (Phi) is 2.69. The second-order valence-corrected chi connectivity index (χ2v) is 4.17. The molecule has 0 spiro atoms. The minimum Gasteiger partial charge on any atom is -0.399 e. The number of nitrogens with zero attached hydrogens (tertiary/aromatic N) is 2. The number of nitrogen functional groups attached to an aromatic ring is 1. The summed E-state index contributed by atoms with van der Waals surface area (Å²) in [5.41, 5.74) is 10.0. The van der Waals surface area contributed by atoms with E-state index in [2.05, 4.69) is 35.5 Å². The summed E-state index contributed by atoms with van der Waals surface area (Å²) >= 11 is 0. The van der Waals surface area contributed by atoms with Gasteiger partial charge in [0, 0.05) is 11.4 Å². The highest BCUT2D eigenvalue weighted by Gasteiger charge is 2.11. The Balaban J connectivity index is 2.35. The Bertz CT molecular complexity index is 482. The predicted octanol–water partition coefficient (Wildman–Crippen LogP) is 2.69. The van der Waals surface area contributed by atoms with Crippen molar-refractivity contribution in [3.05, 3.63) is 47.5 Å². The molecule has 0 bridgehead atoms. The first-order chi connectivity index (χ1) is 7.59. The zero-order valence-corrected chi connectivity index (χ0v) is 9.94. The van der Waals surface area contributed by atoms with Crippen molar-refractivity contribution in [2.75, 3.05) is 5.73 Å². The van der Waals surface area contributed by atoms with Crippen molar-refractivity contribution >= 4 is 5.69 Å². The van der Waals surface area contributed by atoms with Gasteiger partial charge in [0.05, 0.1) is 18.1 Å². The van der Waals surface area contributed by atoms with Crippen LogP contribution in [-0.4, -0.2) is 9.55 Å². The molecular weight excluding hydrogens is 198 g/mol. The molecule has 1 aromatic carbocycles.